The number of nitrogens with one attached hydrogen (secondary N) is 2. The van der Waals surface area contributed by atoms with Gasteiger partial charge >= 0.3 is 0 Å². The molecule has 8 heteroatoms. The first-order valence-corrected chi connectivity index (χ1v) is 10.0. The van der Waals surface area contributed by atoms with Crippen molar-refractivity contribution in [2.45, 2.75) is 12.5 Å². The molecule has 0 bridgehead atoms. The molecule has 4 rings (SSSR count). The first-order chi connectivity index (χ1) is 14.6. The average Bonchev–Trinajstić information content (AvgIpc) is 3.43. The van der Waals surface area contributed by atoms with Crippen LogP contribution < -0.4 is 19.7 Å². The van der Waals surface area contributed by atoms with E-state index in [0.29, 0.717) is 28.6 Å². The second kappa shape index (κ2) is 8.67. The summed E-state index contributed by atoms with van der Waals surface area (Å²) < 4.78 is 10.5. The molecule has 0 saturated carbocycles. The van der Waals surface area contributed by atoms with Gasteiger partial charge < -0.3 is 19.7 Å². The number of anilines is 1. The molecule has 1 aliphatic rings. The fraction of sp³-hybridized carbons (Fsp3) is 0.273. The molecule has 1 amide bonds. The highest BCUT2D eigenvalue weighted by Crippen LogP contribution is 2.28. The maximum absolute atomic E-state index is 12.7. The van der Waals surface area contributed by atoms with Crippen LogP contribution in [0, 0.1) is 0 Å². The van der Waals surface area contributed by atoms with Gasteiger partial charge in [-0.3, -0.25) is 9.89 Å². The van der Waals surface area contributed by atoms with E-state index in [4.69, 9.17) is 21.1 Å². The molecule has 1 saturated heterocycles. The number of ether oxygens (including phenoxy) is 2. The second-order valence-electron chi connectivity index (χ2n) is 7.12. The SMILES string of the molecule is COc1ccc(C(=O)N[C@H]2CCN(c3cc(-c4ccc(Cl)cc4)[nH]n3)C2)cc1OC. The Kier molecular flexibility index (Phi) is 5.81. The molecule has 1 aromatic heterocycles. The molecular formula is C22H23ClN4O3. The van der Waals surface area contributed by atoms with Crippen LogP contribution in [0.4, 0.5) is 5.82 Å². The summed E-state index contributed by atoms with van der Waals surface area (Å²) in [6, 6.07) is 14.8. The number of H-pyrrole nitrogens is 1. The largest absolute Gasteiger partial charge is 0.493 e. The van der Waals surface area contributed by atoms with Gasteiger partial charge in [-0.05, 0) is 42.3 Å². The van der Waals surface area contributed by atoms with E-state index in [1.165, 1.54) is 0 Å². The minimum Gasteiger partial charge on any atom is -0.493 e. The van der Waals surface area contributed by atoms with Gasteiger partial charge in [-0.15, -0.1) is 0 Å². The van der Waals surface area contributed by atoms with Crippen LogP contribution in [0.5, 0.6) is 11.5 Å². The standard InChI is InChI=1S/C22H23ClN4O3/c1-29-19-8-5-15(11-20(19)30-2)22(28)24-17-9-10-27(13-17)21-12-18(25-26-21)14-3-6-16(23)7-4-14/h3-8,11-12,17H,9-10,13H2,1-2H3,(H,24,28)(H,25,26)/t17-/m0/s1. The van der Waals surface area contributed by atoms with Crippen molar-refractivity contribution in [1.82, 2.24) is 15.5 Å². The molecule has 7 nitrogen and oxygen atoms in total. The van der Waals surface area contributed by atoms with Crippen LogP contribution in [0.3, 0.4) is 0 Å². The van der Waals surface area contributed by atoms with Crippen molar-refractivity contribution in [3.8, 4) is 22.8 Å². The van der Waals surface area contributed by atoms with Gasteiger partial charge in [0.15, 0.2) is 17.3 Å². The number of hydrogen-bond donors (Lipinski definition) is 2. The molecule has 0 radical (unpaired) electrons. The molecule has 1 aliphatic heterocycles. The Morgan fingerprint density at radius 3 is 2.63 bits per heavy atom. The molecule has 2 aromatic carbocycles. The summed E-state index contributed by atoms with van der Waals surface area (Å²) in [6.45, 7) is 1.52. The lowest BCUT2D eigenvalue weighted by molar-refractivity contribution is 0.0940. The molecule has 0 aliphatic carbocycles. The molecule has 1 fully saturated rings. The van der Waals surface area contributed by atoms with Gasteiger partial charge in [0.2, 0.25) is 0 Å². The summed E-state index contributed by atoms with van der Waals surface area (Å²) in [5.41, 5.74) is 2.49. The van der Waals surface area contributed by atoms with Crippen LogP contribution >= 0.6 is 11.6 Å². The smallest absolute Gasteiger partial charge is 0.251 e. The first-order valence-electron chi connectivity index (χ1n) is 9.66. The Morgan fingerprint density at radius 2 is 1.90 bits per heavy atom. The van der Waals surface area contributed by atoms with Gasteiger partial charge in [0.05, 0.1) is 19.9 Å². The van der Waals surface area contributed by atoms with E-state index in [-0.39, 0.29) is 11.9 Å². The van der Waals surface area contributed by atoms with E-state index in [9.17, 15) is 4.79 Å². The minimum atomic E-state index is -0.133. The Hall–Kier alpha value is -3.19. The van der Waals surface area contributed by atoms with Crippen molar-refractivity contribution in [1.29, 1.82) is 0 Å². The number of carbonyl (C=O) groups is 1. The molecule has 0 unspecified atom stereocenters. The highest BCUT2D eigenvalue weighted by molar-refractivity contribution is 6.30. The molecule has 2 N–H and O–H groups in total. The van der Waals surface area contributed by atoms with Gasteiger partial charge in [-0.25, -0.2) is 0 Å². The topological polar surface area (TPSA) is 79.5 Å². The number of aromatic nitrogens is 2. The third-order valence-corrected chi connectivity index (χ3v) is 5.46. The summed E-state index contributed by atoms with van der Waals surface area (Å²) >= 11 is 5.96. The zero-order chi connectivity index (χ0) is 21.1. The lowest BCUT2D eigenvalue weighted by Gasteiger charge is -2.16. The summed E-state index contributed by atoms with van der Waals surface area (Å²) in [5, 5.41) is 11.3. The van der Waals surface area contributed by atoms with Crippen LogP contribution in [0.1, 0.15) is 16.8 Å². The number of amides is 1. The number of halogens is 1. The van der Waals surface area contributed by atoms with Crippen LogP contribution in [-0.4, -0.2) is 49.5 Å². The molecule has 1 atom stereocenters. The molecule has 0 spiro atoms. The van der Waals surface area contributed by atoms with Gasteiger partial charge in [0.25, 0.3) is 5.91 Å². The lowest BCUT2D eigenvalue weighted by atomic mass is 10.1. The third-order valence-electron chi connectivity index (χ3n) is 5.21. The number of nitrogens with zero attached hydrogens (tertiary/aromatic N) is 2. The van der Waals surface area contributed by atoms with Crippen LogP contribution in [0.15, 0.2) is 48.5 Å². The fourth-order valence-corrected chi connectivity index (χ4v) is 3.71. The summed E-state index contributed by atoms with van der Waals surface area (Å²) in [4.78, 5) is 14.8. The van der Waals surface area contributed by atoms with E-state index < -0.39 is 0 Å². The number of aromatic amines is 1. The molecule has 3 aromatic rings. The lowest BCUT2D eigenvalue weighted by Crippen LogP contribution is -2.37. The van der Waals surface area contributed by atoms with E-state index in [2.05, 4.69) is 20.4 Å². The fourth-order valence-electron chi connectivity index (χ4n) is 3.58. The van der Waals surface area contributed by atoms with Gasteiger partial charge in [0.1, 0.15) is 0 Å². The Balaban J connectivity index is 1.39. The number of methoxy groups -OCH3 is 2. The quantitative estimate of drug-likeness (QED) is 0.627. The Labute approximate surface area is 179 Å². The van der Waals surface area contributed by atoms with Crippen molar-refractivity contribution in [2.24, 2.45) is 0 Å². The van der Waals surface area contributed by atoms with Gasteiger partial charge in [-0.2, -0.15) is 5.10 Å². The van der Waals surface area contributed by atoms with Gasteiger partial charge in [0, 0.05) is 35.8 Å². The molecule has 2 heterocycles. The van der Waals surface area contributed by atoms with E-state index in [0.717, 1.165) is 30.0 Å². The van der Waals surface area contributed by atoms with Crippen molar-refractivity contribution >= 4 is 23.3 Å². The molecular weight excluding hydrogens is 404 g/mol. The van der Waals surface area contributed by atoms with E-state index in [1.54, 1.807) is 32.4 Å². The van der Waals surface area contributed by atoms with Crippen LogP contribution in [0.25, 0.3) is 11.3 Å². The van der Waals surface area contributed by atoms with Crippen molar-refractivity contribution in [3.05, 3.63) is 59.1 Å². The Bertz CT molecular complexity index is 1040. The zero-order valence-electron chi connectivity index (χ0n) is 16.8. The summed E-state index contributed by atoms with van der Waals surface area (Å²) in [7, 11) is 3.12. The predicted octanol–water partition coefficient (Wildman–Crippen LogP) is 3.76. The van der Waals surface area contributed by atoms with E-state index in [1.807, 2.05) is 30.3 Å². The predicted molar refractivity (Wildman–Crippen MR) is 117 cm³/mol. The number of carbonyl (C=O) groups excluding carboxylic acids is 1. The highest BCUT2D eigenvalue weighted by Gasteiger charge is 2.26. The monoisotopic (exact) mass is 426 g/mol. The first kappa shape index (κ1) is 20.1. The van der Waals surface area contributed by atoms with Crippen LogP contribution in [-0.2, 0) is 0 Å². The van der Waals surface area contributed by atoms with Crippen molar-refractivity contribution < 1.29 is 14.3 Å². The van der Waals surface area contributed by atoms with E-state index >= 15 is 0 Å². The van der Waals surface area contributed by atoms with Gasteiger partial charge in [-0.1, -0.05) is 23.7 Å². The normalized spacial score (nSPS) is 15.8. The number of hydrogen-bond acceptors (Lipinski definition) is 5. The summed E-state index contributed by atoms with van der Waals surface area (Å²) in [5.74, 6) is 1.86. The number of benzene rings is 2. The maximum Gasteiger partial charge on any atom is 0.251 e. The number of rotatable bonds is 6. The van der Waals surface area contributed by atoms with Crippen LogP contribution in [0.2, 0.25) is 5.02 Å². The maximum atomic E-state index is 12.7. The highest BCUT2D eigenvalue weighted by atomic mass is 35.5. The van der Waals surface area contributed by atoms with Crippen molar-refractivity contribution in [3.63, 3.8) is 0 Å². The molecule has 156 valence electrons. The molecule has 30 heavy (non-hydrogen) atoms. The average molecular weight is 427 g/mol. The van der Waals surface area contributed by atoms with Crippen molar-refractivity contribution in [2.75, 3.05) is 32.2 Å². The summed E-state index contributed by atoms with van der Waals surface area (Å²) in [6.07, 6.45) is 0.849. The minimum absolute atomic E-state index is 0.0429. The Morgan fingerprint density at radius 1 is 1.13 bits per heavy atom. The zero-order valence-corrected chi connectivity index (χ0v) is 17.6. The second-order valence-corrected chi connectivity index (χ2v) is 7.56. The third kappa shape index (κ3) is 4.21.